The molecular weight excluding hydrogens is 314 g/mol. The Balaban J connectivity index is 2.15. The number of nitrogens with zero attached hydrogens (tertiary/aromatic N) is 2. The Hall–Kier alpha value is -2.43. The van der Waals surface area contributed by atoms with E-state index in [0.29, 0.717) is 11.6 Å². The Morgan fingerprint density at radius 1 is 1.16 bits per heavy atom. The molecule has 2 rings (SSSR count). The third kappa shape index (κ3) is 5.28. The summed E-state index contributed by atoms with van der Waals surface area (Å²) in [4.78, 5) is 24.7. The van der Waals surface area contributed by atoms with Gasteiger partial charge in [-0.3, -0.25) is 9.59 Å². The van der Waals surface area contributed by atoms with E-state index < -0.39 is 5.91 Å². The largest absolute Gasteiger partial charge is 0.348 e. The standard InChI is InChI=1S/C20H27N3O2/c1-14(2)9-8-10-15(3)21-20(25)19-18(24)13-16(4)23(22-19)17-11-6-5-7-12-17/h5-7,11-15H,8-10H2,1-4H3,(H,21,25). The van der Waals surface area contributed by atoms with Crippen LogP contribution in [-0.4, -0.2) is 21.7 Å². The highest BCUT2D eigenvalue weighted by molar-refractivity contribution is 5.92. The van der Waals surface area contributed by atoms with Gasteiger partial charge in [0.15, 0.2) is 5.69 Å². The summed E-state index contributed by atoms with van der Waals surface area (Å²) in [7, 11) is 0. The Bertz CT molecular complexity index is 766. The lowest BCUT2D eigenvalue weighted by Crippen LogP contribution is -2.37. The molecule has 5 heteroatoms. The average Bonchev–Trinajstić information content (AvgIpc) is 2.55. The molecule has 1 aromatic carbocycles. The first-order valence-corrected chi connectivity index (χ1v) is 8.85. The highest BCUT2D eigenvalue weighted by Gasteiger charge is 2.17. The van der Waals surface area contributed by atoms with Crippen molar-refractivity contribution < 1.29 is 4.79 Å². The highest BCUT2D eigenvalue weighted by atomic mass is 16.2. The minimum Gasteiger partial charge on any atom is -0.348 e. The number of para-hydroxylation sites is 1. The lowest BCUT2D eigenvalue weighted by atomic mass is 10.0. The predicted octanol–water partition coefficient (Wildman–Crippen LogP) is 3.49. The SMILES string of the molecule is Cc1cc(=O)c(C(=O)NC(C)CCCC(C)C)nn1-c1ccccc1. The molecule has 0 saturated heterocycles. The molecule has 0 bridgehead atoms. The average molecular weight is 341 g/mol. The number of aromatic nitrogens is 2. The second-order valence-corrected chi connectivity index (χ2v) is 6.95. The first kappa shape index (κ1) is 18.9. The maximum Gasteiger partial charge on any atom is 0.276 e. The van der Waals surface area contributed by atoms with Gasteiger partial charge in [0, 0.05) is 17.8 Å². The number of aryl methyl sites for hydroxylation is 1. The number of rotatable bonds is 7. The fourth-order valence-electron chi connectivity index (χ4n) is 2.73. The van der Waals surface area contributed by atoms with Crippen molar-refractivity contribution in [3.05, 3.63) is 58.0 Å². The molecule has 0 saturated carbocycles. The summed E-state index contributed by atoms with van der Waals surface area (Å²) >= 11 is 0. The van der Waals surface area contributed by atoms with Crippen LogP contribution >= 0.6 is 0 Å². The van der Waals surface area contributed by atoms with Crippen LogP contribution in [0.2, 0.25) is 0 Å². The van der Waals surface area contributed by atoms with Crippen molar-refractivity contribution in [2.75, 3.05) is 0 Å². The smallest absolute Gasteiger partial charge is 0.276 e. The van der Waals surface area contributed by atoms with Crippen molar-refractivity contribution in [3.8, 4) is 5.69 Å². The lowest BCUT2D eigenvalue weighted by Gasteiger charge is -2.15. The normalized spacial score (nSPS) is 12.2. The number of benzene rings is 1. The van der Waals surface area contributed by atoms with Crippen LogP contribution in [0, 0.1) is 12.8 Å². The highest BCUT2D eigenvalue weighted by Crippen LogP contribution is 2.10. The van der Waals surface area contributed by atoms with E-state index in [1.54, 1.807) is 11.6 Å². The van der Waals surface area contributed by atoms with Gasteiger partial charge in [-0.05, 0) is 38.3 Å². The van der Waals surface area contributed by atoms with Crippen molar-refractivity contribution >= 4 is 5.91 Å². The maximum atomic E-state index is 12.5. The van der Waals surface area contributed by atoms with E-state index in [0.717, 1.165) is 24.9 Å². The summed E-state index contributed by atoms with van der Waals surface area (Å²) in [6.07, 6.45) is 3.07. The van der Waals surface area contributed by atoms with Gasteiger partial charge in [-0.2, -0.15) is 5.10 Å². The van der Waals surface area contributed by atoms with Gasteiger partial charge in [-0.15, -0.1) is 0 Å². The fraction of sp³-hybridized carbons (Fsp3) is 0.450. The van der Waals surface area contributed by atoms with Crippen LogP contribution < -0.4 is 10.7 Å². The molecule has 1 amide bonds. The van der Waals surface area contributed by atoms with E-state index in [9.17, 15) is 9.59 Å². The molecule has 0 aliphatic rings. The van der Waals surface area contributed by atoms with Gasteiger partial charge >= 0.3 is 0 Å². The molecule has 1 unspecified atom stereocenters. The fourth-order valence-corrected chi connectivity index (χ4v) is 2.73. The molecule has 25 heavy (non-hydrogen) atoms. The predicted molar refractivity (Wildman–Crippen MR) is 100 cm³/mol. The second-order valence-electron chi connectivity index (χ2n) is 6.95. The van der Waals surface area contributed by atoms with Gasteiger partial charge in [0.05, 0.1) is 5.69 Å². The van der Waals surface area contributed by atoms with Crippen molar-refractivity contribution in [1.29, 1.82) is 0 Å². The van der Waals surface area contributed by atoms with Gasteiger partial charge in [0.25, 0.3) is 5.91 Å². The molecule has 1 aromatic heterocycles. The summed E-state index contributed by atoms with van der Waals surface area (Å²) < 4.78 is 1.62. The molecule has 5 nitrogen and oxygen atoms in total. The number of carbonyl (C=O) groups excluding carboxylic acids is 1. The number of hydrogen-bond donors (Lipinski definition) is 1. The first-order chi connectivity index (χ1) is 11.9. The Morgan fingerprint density at radius 3 is 2.48 bits per heavy atom. The maximum absolute atomic E-state index is 12.5. The zero-order valence-corrected chi connectivity index (χ0v) is 15.5. The Kier molecular flexibility index (Phi) is 6.51. The minimum atomic E-state index is -0.410. The lowest BCUT2D eigenvalue weighted by molar-refractivity contribution is 0.0929. The van der Waals surface area contributed by atoms with Gasteiger partial charge in [0.1, 0.15) is 0 Å². The summed E-state index contributed by atoms with van der Waals surface area (Å²) in [6.45, 7) is 8.14. The molecule has 2 aromatic rings. The number of amides is 1. The van der Waals surface area contributed by atoms with E-state index in [-0.39, 0.29) is 17.2 Å². The summed E-state index contributed by atoms with van der Waals surface area (Å²) in [5, 5.41) is 7.19. The van der Waals surface area contributed by atoms with E-state index in [1.165, 1.54) is 6.07 Å². The topological polar surface area (TPSA) is 64.0 Å². The minimum absolute atomic E-state index is 0.0129. The van der Waals surface area contributed by atoms with Gasteiger partial charge in [0.2, 0.25) is 5.43 Å². The van der Waals surface area contributed by atoms with Crippen molar-refractivity contribution in [1.82, 2.24) is 15.1 Å². The van der Waals surface area contributed by atoms with Crippen LogP contribution in [0.25, 0.3) is 5.69 Å². The summed E-state index contributed by atoms with van der Waals surface area (Å²) in [6, 6.07) is 10.9. The number of carbonyl (C=O) groups is 1. The molecule has 1 heterocycles. The molecule has 0 spiro atoms. The number of hydrogen-bond acceptors (Lipinski definition) is 3. The van der Waals surface area contributed by atoms with E-state index in [2.05, 4.69) is 24.3 Å². The second kappa shape index (κ2) is 8.60. The Labute approximate surface area is 149 Å². The third-order valence-electron chi connectivity index (χ3n) is 4.12. The molecule has 0 aliphatic carbocycles. The first-order valence-electron chi connectivity index (χ1n) is 8.85. The van der Waals surface area contributed by atoms with Crippen molar-refractivity contribution in [2.24, 2.45) is 5.92 Å². The van der Waals surface area contributed by atoms with Crippen LogP contribution in [0.15, 0.2) is 41.2 Å². The molecule has 0 radical (unpaired) electrons. The van der Waals surface area contributed by atoms with E-state index in [4.69, 9.17) is 0 Å². The monoisotopic (exact) mass is 341 g/mol. The molecule has 0 fully saturated rings. The Morgan fingerprint density at radius 2 is 1.84 bits per heavy atom. The quantitative estimate of drug-likeness (QED) is 0.838. The molecule has 0 aliphatic heterocycles. The number of nitrogens with one attached hydrogen (secondary N) is 1. The third-order valence-corrected chi connectivity index (χ3v) is 4.12. The van der Waals surface area contributed by atoms with Gasteiger partial charge in [-0.25, -0.2) is 4.68 Å². The van der Waals surface area contributed by atoms with Crippen molar-refractivity contribution in [2.45, 2.75) is 53.0 Å². The molecule has 134 valence electrons. The van der Waals surface area contributed by atoms with Crippen LogP contribution in [0.1, 0.15) is 56.2 Å². The van der Waals surface area contributed by atoms with Gasteiger partial charge < -0.3 is 5.32 Å². The summed E-state index contributed by atoms with van der Waals surface area (Å²) in [5.41, 5.74) is 1.10. The molecule has 1 atom stereocenters. The molecular formula is C20H27N3O2. The van der Waals surface area contributed by atoms with Crippen LogP contribution in [-0.2, 0) is 0 Å². The van der Waals surface area contributed by atoms with Gasteiger partial charge in [-0.1, -0.05) is 44.9 Å². The van der Waals surface area contributed by atoms with Crippen LogP contribution in [0.3, 0.4) is 0 Å². The summed E-state index contributed by atoms with van der Waals surface area (Å²) in [5.74, 6) is 0.242. The molecule has 1 N–H and O–H groups in total. The zero-order valence-electron chi connectivity index (χ0n) is 15.5. The zero-order chi connectivity index (χ0) is 18.4. The van der Waals surface area contributed by atoms with E-state index >= 15 is 0 Å². The van der Waals surface area contributed by atoms with Crippen molar-refractivity contribution in [3.63, 3.8) is 0 Å². The van der Waals surface area contributed by atoms with Crippen LogP contribution in [0.5, 0.6) is 0 Å². The van der Waals surface area contributed by atoms with Crippen LogP contribution in [0.4, 0.5) is 0 Å². The van der Waals surface area contributed by atoms with E-state index in [1.807, 2.05) is 37.3 Å².